The van der Waals surface area contributed by atoms with Gasteiger partial charge in [-0.15, -0.1) is 0 Å². The third kappa shape index (κ3) is 2.82. The van der Waals surface area contributed by atoms with Crippen LogP contribution in [0.5, 0.6) is 0 Å². The first-order valence-corrected chi connectivity index (χ1v) is 12.0. The second-order valence-corrected chi connectivity index (χ2v) is 11.5. The molecule has 0 bridgehead atoms. The van der Waals surface area contributed by atoms with Crippen LogP contribution in [0, 0.1) is 28.6 Å². The van der Waals surface area contributed by atoms with Crippen molar-refractivity contribution in [3.05, 3.63) is 35.9 Å². The Labute approximate surface area is 203 Å². The van der Waals surface area contributed by atoms with Gasteiger partial charge in [0.1, 0.15) is 12.2 Å². The summed E-state index contributed by atoms with van der Waals surface area (Å²) in [6.07, 6.45) is -2.00. The highest BCUT2D eigenvalue weighted by Gasteiger charge is 2.90. The summed E-state index contributed by atoms with van der Waals surface area (Å²) in [6.45, 7) is 7.29. The molecule has 4 aliphatic rings. The first kappa shape index (κ1) is 23.9. The molecule has 0 aromatic heterocycles. The van der Waals surface area contributed by atoms with Crippen molar-refractivity contribution in [2.24, 2.45) is 28.6 Å². The summed E-state index contributed by atoms with van der Waals surface area (Å²) in [6, 6.07) is 9.12. The van der Waals surface area contributed by atoms with Crippen LogP contribution >= 0.6 is 0 Å². The summed E-state index contributed by atoms with van der Waals surface area (Å²) < 4.78 is 11.0. The van der Waals surface area contributed by atoms with E-state index >= 15 is 0 Å². The van der Waals surface area contributed by atoms with Crippen molar-refractivity contribution in [2.45, 2.75) is 70.5 Å². The van der Waals surface area contributed by atoms with E-state index in [9.17, 15) is 29.4 Å². The number of carbonyl (C=O) groups is 4. The van der Waals surface area contributed by atoms with E-state index in [2.05, 4.69) is 5.32 Å². The molecular formula is C26H31NO8. The molecule has 188 valence electrons. The molecule has 0 radical (unpaired) electrons. The van der Waals surface area contributed by atoms with Crippen LogP contribution in [0.4, 0.5) is 0 Å². The summed E-state index contributed by atoms with van der Waals surface area (Å²) >= 11 is 0. The van der Waals surface area contributed by atoms with Crippen molar-refractivity contribution in [3.8, 4) is 0 Å². The molecule has 1 aromatic carbocycles. The molecule has 9 heteroatoms. The van der Waals surface area contributed by atoms with Crippen LogP contribution in [-0.4, -0.2) is 57.3 Å². The van der Waals surface area contributed by atoms with Gasteiger partial charge in [0.2, 0.25) is 11.4 Å². The number of ether oxygens (including phenoxy) is 2. The fourth-order valence-electron chi connectivity index (χ4n) is 7.21. The van der Waals surface area contributed by atoms with Crippen LogP contribution in [0.1, 0.15) is 46.1 Å². The molecule has 1 amide bonds. The Bertz CT molecular complexity index is 1110. The van der Waals surface area contributed by atoms with Gasteiger partial charge in [0.15, 0.2) is 5.60 Å². The van der Waals surface area contributed by atoms with Crippen molar-refractivity contribution in [1.29, 1.82) is 0 Å². The second-order valence-electron chi connectivity index (χ2n) is 11.5. The summed E-state index contributed by atoms with van der Waals surface area (Å²) in [5.41, 5.74) is -6.11. The smallest absolute Gasteiger partial charge is 0.342 e. The largest absolute Gasteiger partial charge is 0.459 e. The number of nitrogens with one attached hydrogen (secondary N) is 1. The van der Waals surface area contributed by atoms with Crippen LogP contribution in [0.25, 0.3) is 0 Å². The normalized spacial score (nSPS) is 41.6. The van der Waals surface area contributed by atoms with Gasteiger partial charge in [-0.3, -0.25) is 14.4 Å². The maximum absolute atomic E-state index is 13.8. The van der Waals surface area contributed by atoms with Gasteiger partial charge in [0.05, 0.1) is 11.3 Å². The summed E-state index contributed by atoms with van der Waals surface area (Å²) in [4.78, 5) is 52.5. The van der Waals surface area contributed by atoms with Crippen molar-refractivity contribution in [2.75, 3.05) is 0 Å². The molecule has 8 atom stereocenters. The minimum atomic E-state index is -2.57. The van der Waals surface area contributed by atoms with Gasteiger partial charge in [-0.25, -0.2) is 4.79 Å². The van der Waals surface area contributed by atoms with E-state index < -0.39 is 75.6 Å². The number of carbonyl (C=O) groups excluding carboxylic acids is 4. The van der Waals surface area contributed by atoms with Crippen LogP contribution in [0.2, 0.25) is 0 Å². The number of hydrogen-bond donors (Lipinski definition) is 3. The third-order valence-corrected chi connectivity index (χ3v) is 9.00. The van der Waals surface area contributed by atoms with Gasteiger partial charge < -0.3 is 25.0 Å². The number of hydrogen-bond acceptors (Lipinski definition) is 8. The van der Waals surface area contributed by atoms with E-state index in [0.717, 1.165) is 5.56 Å². The van der Waals surface area contributed by atoms with Gasteiger partial charge in [0, 0.05) is 18.9 Å². The molecule has 2 saturated heterocycles. The molecule has 2 aliphatic heterocycles. The maximum Gasteiger partial charge on any atom is 0.342 e. The average molecular weight is 486 g/mol. The third-order valence-electron chi connectivity index (χ3n) is 9.00. The van der Waals surface area contributed by atoms with E-state index in [4.69, 9.17) is 9.47 Å². The standard InChI is InChI=1S/C26H31NO8/c1-13-21(30)34-17-11-24-16(35-22(31)26(24,33)25(13,17)32)10-15(23(2,3)4)18(24)19(28)20(29)27-12-14-8-6-5-7-9-14/h5-9,13,15-18,32-33H,10-12H2,1-4H3,(H,27,29)/t13-,15-,16-,17+,18-,24-,25-,26-/m1/s1. The van der Waals surface area contributed by atoms with Crippen LogP contribution in [0.15, 0.2) is 30.3 Å². The molecule has 4 fully saturated rings. The lowest BCUT2D eigenvalue weighted by molar-refractivity contribution is -0.203. The predicted octanol–water partition coefficient (Wildman–Crippen LogP) is 0.893. The van der Waals surface area contributed by atoms with Gasteiger partial charge >= 0.3 is 11.9 Å². The summed E-state index contributed by atoms with van der Waals surface area (Å²) in [5, 5.41) is 26.4. The number of rotatable bonds is 4. The minimum absolute atomic E-state index is 0.135. The molecule has 2 aliphatic carbocycles. The number of amides is 1. The van der Waals surface area contributed by atoms with E-state index in [0.29, 0.717) is 0 Å². The lowest BCUT2D eigenvalue weighted by atomic mass is 9.58. The second kappa shape index (κ2) is 7.36. The molecular weight excluding hydrogens is 454 g/mol. The number of esters is 2. The molecule has 9 nitrogen and oxygen atoms in total. The van der Waals surface area contributed by atoms with Crippen LogP contribution in [0.3, 0.4) is 0 Å². The van der Waals surface area contributed by atoms with Crippen molar-refractivity contribution in [1.82, 2.24) is 5.32 Å². The number of ketones is 1. The fraction of sp³-hybridized carbons (Fsp3) is 0.615. The molecule has 2 heterocycles. The zero-order chi connectivity index (χ0) is 25.6. The maximum atomic E-state index is 13.8. The van der Waals surface area contributed by atoms with Crippen molar-refractivity contribution in [3.63, 3.8) is 0 Å². The quantitative estimate of drug-likeness (QED) is 0.422. The number of aliphatic hydroxyl groups is 2. The first-order chi connectivity index (χ1) is 16.3. The highest BCUT2D eigenvalue weighted by molar-refractivity contribution is 6.37. The number of fused-ring (bicyclic) bond motifs is 2. The van der Waals surface area contributed by atoms with Gasteiger partial charge in [-0.1, -0.05) is 51.1 Å². The Kier molecular flexibility index (Phi) is 5.04. The lowest BCUT2D eigenvalue weighted by Crippen LogP contribution is -2.67. The monoisotopic (exact) mass is 485 g/mol. The van der Waals surface area contributed by atoms with Crippen molar-refractivity contribution >= 4 is 23.6 Å². The van der Waals surface area contributed by atoms with E-state index in [1.165, 1.54) is 6.92 Å². The Balaban J connectivity index is 1.57. The molecule has 0 unspecified atom stereocenters. The molecule has 1 spiro atoms. The fourth-order valence-corrected chi connectivity index (χ4v) is 7.21. The van der Waals surface area contributed by atoms with Gasteiger partial charge in [0.25, 0.3) is 5.91 Å². The van der Waals surface area contributed by atoms with Gasteiger partial charge in [-0.05, 0) is 30.2 Å². The SMILES string of the molecule is C[C@@H]1C(=O)O[C@H]2C[C@@]34[C@@H](C[C@@H](C(C)(C)C)[C@@H]3C(=O)C(=O)NCc3ccccc3)OC(=O)[C@]4(O)[C@]21O. The summed E-state index contributed by atoms with van der Waals surface area (Å²) in [7, 11) is 0. The Morgan fingerprint density at radius 3 is 2.37 bits per heavy atom. The van der Waals surface area contributed by atoms with Gasteiger partial charge in [-0.2, -0.15) is 0 Å². The Morgan fingerprint density at radius 1 is 1.09 bits per heavy atom. The Morgan fingerprint density at radius 2 is 1.74 bits per heavy atom. The molecule has 1 aromatic rings. The molecule has 2 saturated carbocycles. The van der Waals surface area contributed by atoms with E-state index in [1.807, 2.05) is 51.1 Å². The first-order valence-electron chi connectivity index (χ1n) is 12.0. The molecule has 5 rings (SSSR count). The molecule has 3 N–H and O–H groups in total. The van der Waals surface area contributed by atoms with Crippen LogP contribution in [-0.2, 0) is 35.2 Å². The number of benzene rings is 1. The van der Waals surface area contributed by atoms with E-state index in [1.54, 1.807) is 0 Å². The van der Waals surface area contributed by atoms with E-state index in [-0.39, 0.29) is 19.4 Å². The Hall–Kier alpha value is -2.78. The molecule has 35 heavy (non-hydrogen) atoms. The topological polar surface area (TPSA) is 139 Å². The zero-order valence-electron chi connectivity index (χ0n) is 20.2. The average Bonchev–Trinajstić information content (AvgIpc) is 3.39. The highest BCUT2D eigenvalue weighted by Crippen LogP contribution is 2.73. The lowest BCUT2D eigenvalue weighted by Gasteiger charge is -2.44. The highest BCUT2D eigenvalue weighted by atomic mass is 16.6. The summed E-state index contributed by atoms with van der Waals surface area (Å²) in [5.74, 6) is -6.18. The zero-order valence-corrected chi connectivity index (χ0v) is 20.2. The van der Waals surface area contributed by atoms with Crippen LogP contribution < -0.4 is 5.32 Å². The number of Topliss-reactive ketones (excluding diaryl/α,β-unsaturated/α-hetero) is 1. The van der Waals surface area contributed by atoms with Crippen molar-refractivity contribution < 1.29 is 38.9 Å². The predicted molar refractivity (Wildman–Crippen MR) is 120 cm³/mol. The minimum Gasteiger partial charge on any atom is -0.459 e.